The van der Waals surface area contributed by atoms with Gasteiger partial charge < -0.3 is 16.0 Å². The number of aromatic nitrogens is 2. The smallest absolute Gasteiger partial charge is 0.320 e. The van der Waals surface area contributed by atoms with E-state index in [2.05, 4.69) is 26.1 Å². The molecule has 0 bridgehead atoms. The highest BCUT2D eigenvalue weighted by Crippen LogP contribution is 2.26. The predicted molar refractivity (Wildman–Crippen MR) is 133 cm³/mol. The highest BCUT2D eigenvalue weighted by atomic mass is 32.1. The average Bonchev–Trinajstić information content (AvgIpc) is 3.29. The zero-order chi connectivity index (χ0) is 23.4. The minimum Gasteiger partial charge on any atom is -0.320 e. The van der Waals surface area contributed by atoms with Crippen LogP contribution in [0.25, 0.3) is 10.6 Å². The number of anilines is 3. The lowest BCUT2D eigenvalue weighted by molar-refractivity contribution is 0.102. The summed E-state index contributed by atoms with van der Waals surface area (Å²) in [6, 6.07) is 20.2. The molecule has 4 rings (SSSR count). The van der Waals surface area contributed by atoms with Crippen molar-refractivity contribution in [1.29, 1.82) is 0 Å². The van der Waals surface area contributed by atoms with E-state index in [1.165, 1.54) is 11.3 Å². The number of nitrogens with zero attached hydrogens (tertiary/aromatic N) is 2. The molecule has 4 aromatic rings. The number of rotatable bonds is 5. The molecule has 0 fully saturated rings. The van der Waals surface area contributed by atoms with Crippen LogP contribution < -0.4 is 16.0 Å². The van der Waals surface area contributed by atoms with E-state index in [1.54, 1.807) is 12.1 Å². The minimum atomic E-state index is -0.317. The van der Waals surface area contributed by atoms with E-state index in [4.69, 9.17) is 0 Å². The van der Waals surface area contributed by atoms with Gasteiger partial charge in [0.2, 0.25) is 5.01 Å². The largest absolute Gasteiger partial charge is 0.323 e. The predicted octanol–water partition coefficient (Wildman–Crippen LogP) is 6.03. The van der Waals surface area contributed by atoms with Crippen LogP contribution >= 0.6 is 11.3 Å². The number of carbonyl (C=O) groups is 2. The summed E-state index contributed by atoms with van der Waals surface area (Å²) >= 11 is 1.21. The molecule has 3 aromatic carbocycles. The molecule has 1 aromatic heterocycles. The van der Waals surface area contributed by atoms with Crippen molar-refractivity contribution in [2.24, 2.45) is 0 Å². The second kappa shape index (κ2) is 9.62. The Balaban J connectivity index is 1.38. The zero-order valence-electron chi connectivity index (χ0n) is 18.5. The Morgan fingerprint density at radius 3 is 2.15 bits per heavy atom. The lowest BCUT2D eigenvalue weighted by Crippen LogP contribution is -2.20. The van der Waals surface area contributed by atoms with Gasteiger partial charge in [0, 0.05) is 22.6 Å². The number of benzene rings is 3. The second-order valence-electron chi connectivity index (χ2n) is 7.64. The van der Waals surface area contributed by atoms with Crippen LogP contribution in [0.3, 0.4) is 0 Å². The average molecular weight is 458 g/mol. The van der Waals surface area contributed by atoms with Gasteiger partial charge in [0.1, 0.15) is 5.01 Å². The van der Waals surface area contributed by atoms with Crippen LogP contribution in [-0.4, -0.2) is 22.1 Å². The van der Waals surface area contributed by atoms with E-state index in [-0.39, 0.29) is 16.9 Å². The van der Waals surface area contributed by atoms with Gasteiger partial charge in [-0.1, -0.05) is 41.2 Å². The van der Waals surface area contributed by atoms with Crippen LogP contribution in [0.15, 0.2) is 66.7 Å². The fourth-order valence-corrected chi connectivity index (χ4v) is 3.86. The molecule has 0 aliphatic rings. The van der Waals surface area contributed by atoms with Crippen LogP contribution in [0, 0.1) is 20.8 Å². The van der Waals surface area contributed by atoms with Gasteiger partial charge in [-0.2, -0.15) is 0 Å². The van der Waals surface area contributed by atoms with E-state index < -0.39 is 0 Å². The number of nitrogens with one attached hydrogen (secondary N) is 3. The highest BCUT2D eigenvalue weighted by molar-refractivity contribution is 7.16. The molecule has 8 heteroatoms. The fourth-order valence-electron chi connectivity index (χ4n) is 3.12. The summed E-state index contributed by atoms with van der Waals surface area (Å²) in [5.74, 6) is -0.302. The van der Waals surface area contributed by atoms with Gasteiger partial charge in [-0.15, -0.1) is 10.2 Å². The van der Waals surface area contributed by atoms with Gasteiger partial charge in [0.25, 0.3) is 5.91 Å². The Labute approximate surface area is 195 Å². The molecular weight excluding hydrogens is 434 g/mol. The van der Waals surface area contributed by atoms with Gasteiger partial charge in [-0.05, 0) is 74.4 Å². The normalized spacial score (nSPS) is 10.5. The van der Waals surface area contributed by atoms with E-state index in [1.807, 2.05) is 75.4 Å². The van der Waals surface area contributed by atoms with Crippen molar-refractivity contribution in [2.45, 2.75) is 20.8 Å². The topological polar surface area (TPSA) is 96.0 Å². The molecule has 0 spiro atoms. The third-order valence-corrected chi connectivity index (χ3v) is 6.14. The van der Waals surface area contributed by atoms with Crippen molar-refractivity contribution in [1.82, 2.24) is 10.2 Å². The van der Waals surface area contributed by atoms with Crippen molar-refractivity contribution < 1.29 is 9.59 Å². The summed E-state index contributed by atoms with van der Waals surface area (Å²) < 4.78 is 0. The van der Waals surface area contributed by atoms with Crippen molar-refractivity contribution >= 4 is 40.3 Å². The Morgan fingerprint density at radius 2 is 1.42 bits per heavy atom. The summed E-state index contributed by atoms with van der Waals surface area (Å²) in [5.41, 5.74) is 6.19. The Morgan fingerprint density at radius 1 is 0.758 bits per heavy atom. The maximum absolute atomic E-state index is 12.5. The first-order valence-corrected chi connectivity index (χ1v) is 11.2. The van der Waals surface area contributed by atoms with E-state index in [0.717, 1.165) is 27.9 Å². The summed E-state index contributed by atoms with van der Waals surface area (Å²) in [7, 11) is 0. The fraction of sp³-hybridized carbons (Fsp3) is 0.120. The van der Waals surface area contributed by atoms with Crippen LogP contribution in [0.2, 0.25) is 0 Å². The molecule has 0 unspecified atom stereocenters. The van der Waals surface area contributed by atoms with Gasteiger partial charge in [-0.3, -0.25) is 4.79 Å². The molecule has 3 N–H and O–H groups in total. The van der Waals surface area contributed by atoms with Gasteiger partial charge in [-0.25, -0.2) is 4.79 Å². The van der Waals surface area contributed by atoms with Crippen LogP contribution in [0.1, 0.15) is 26.5 Å². The van der Waals surface area contributed by atoms with Crippen molar-refractivity contribution in [3.8, 4) is 10.6 Å². The molecule has 7 nitrogen and oxygen atoms in total. The molecule has 3 amide bonds. The van der Waals surface area contributed by atoms with E-state index in [0.29, 0.717) is 16.4 Å². The summed E-state index contributed by atoms with van der Waals surface area (Å²) in [4.78, 5) is 24.8. The number of hydrogen-bond donors (Lipinski definition) is 3. The molecule has 33 heavy (non-hydrogen) atoms. The molecule has 0 aliphatic heterocycles. The van der Waals surface area contributed by atoms with Gasteiger partial charge in [0.15, 0.2) is 0 Å². The lowest BCUT2D eigenvalue weighted by Gasteiger charge is -2.11. The van der Waals surface area contributed by atoms with Gasteiger partial charge >= 0.3 is 6.03 Å². The van der Waals surface area contributed by atoms with Crippen molar-refractivity contribution in [3.63, 3.8) is 0 Å². The molecular formula is C25H23N5O2S. The highest BCUT2D eigenvalue weighted by Gasteiger charge is 2.14. The first kappa shape index (κ1) is 22.2. The first-order chi connectivity index (χ1) is 15.9. The SMILES string of the molecule is Cc1ccc(NC(=O)c2nnc(-c3ccc(NC(=O)Nc4cccc(C)c4C)cc3)s2)cc1. The number of carbonyl (C=O) groups excluding carboxylic acids is 2. The molecule has 0 saturated heterocycles. The third-order valence-electron chi connectivity index (χ3n) is 5.17. The number of amides is 3. The van der Waals surface area contributed by atoms with Crippen LogP contribution in [-0.2, 0) is 0 Å². The number of urea groups is 1. The van der Waals surface area contributed by atoms with Crippen LogP contribution in [0.4, 0.5) is 21.9 Å². The zero-order valence-corrected chi connectivity index (χ0v) is 19.3. The Bertz CT molecular complexity index is 1300. The molecule has 1 heterocycles. The molecule has 0 aliphatic carbocycles. The molecule has 166 valence electrons. The van der Waals surface area contributed by atoms with E-state index >= 15 is 0 Å². The number of hydrogen-bond acceptors (Lipinski definition) is 5. The molecule has 0 atom stereocenters. The standard InChI is InChI=1S/C25H23N5O2S/c1-15-7-11-19(12-8-15)26-22(31)24-30-29-23(33-24)18-9-13-20(14-10-18)27-25(32)28-21-6-4-5-16(2)17(21)3/h4-14H,1-3H3,(H,26,31)(H2,27,28,32). The molecule has 0 radical (unpaired) electrons. The molecule has 0 saturated carbocycles. The van der Waals surface area contributed by atoms with Crippen molar-refractivity contribution in [3.05, 3.63) is 88.4 Å². The third kappa shape index (κ3) is 5.42. The monoisotopic (exact) mass is 457 g/mol. The summed E-state index contributed by atoms with van der Waals surface area (Å²) in [5, 5.41) is 17.6. The lowest BCUT2D eigenvalue weighted by atomic mass is 10.1. The minimum absolute atomic E-state index is 0.278. The summed E-state index contributed by atoms with van der Waals surface area (Å²) in [6.45, 7) is 5.96. The number of aryl methyl sites for hydroxylation is 2. The summed E-state index contributed by atoms with van der Waals surface area (Å²) in [6.07, 6.45) is 0. The van der Waals surface area contributed by atoms with Crippen LogP contribution in [0.5, 0.6) is 0 Å². The Kier molecular flexibility index (Phi) is 6.46. The maximum Gasteiger partial charge on any atom is 0.323 e. The second-order valence-corrected chi connectivity index (χ2v) is 8.61. The first-order valence-electron chi connectivity index (χ1n) is 10.4. The van der Waals surface area contributed by atoms with Crippen molar-refractivity contribution in [2.75, 3.05) is 16.0 Å². The van der Waals surface area contributed by atoms with Gasteiger partial charge in [0.05, 0.1) is 0 Å². The quantitative estimate of drug-likeness (QED) is 0.341. The van der Waals surface area contributed by atoms with E-state index in [9.17, 15) is 9.59 Å². The Hall–Kier alpha value is -4.04. The maximum atomic E-state index is 12.5.